The van der Waals surface area contributed by atoms with E-state index in [0.29, 0.717) is 40.9 Å². The second kappa shape index (κ2) is 15.3. The maximum Gasteiger partial charge on any atom is 0.282 e. The van der Waals surface area contributed by atoms with Crippen molar-refractivity contribution in [3.8, 4) is 11.6 Å². The van der Waals surface area contributed by atoms with Crippen LogP contribution in [0.15, 0.2) is 70.8 Å². The number of primary amides is 1. The molecule has 0 aliphatic heterocycles. The first-order chi connectivity index (χ1) is 23.4. The van der Waals surface area contributed by atoms with Gasteiger partial charge in [-0.15, -0.1) is 10.2 Å². The number of nitrogens with one attached hydrogen (secondary N) is 1. The molecule has 0 bridgehead atoms. The van der Waals surface area contributed by atoms with Crippen LogP contribution in [-0.2, 0) is 16.8 Å². The molecule has 50 heavy (non-hydrogen) atoms. The molecule has 2 aromatic carbocycles. The first-order valence-electron chi connectivity index (χ1n) is 16.6. The molecule has 1 amide bonds. The Bertz CT molecular complexity index is 1990. The Morgan fingerprint density at radius 3 is 2.42 bits per heavy atom. The van der Waals surface area contributed by atoms with Crippen LogP contribution < -0.4 is 21.3 Å². The zero-order valence-corrected chi connectivity index (χ0v) is 30.4. The molecule has 0 spiro atoms. The number of hydrogen-bond acceptors (Lipinski definition) is 9. The lowest BCUT2D eigenvalue weighted by atomic mass is 9.86. The normalized spacial score (nSPS) is 13.1. The summed E-state index contributed by atoms with van der Waals surface area (Å²) in [5.74, 6) is -0.808. The maximum atomic E-state index is 15.5. The van der Waals surface area contributed by atoms with Gasteiger partial charge in [0, 0.05) is 23.6 Å². The van der Waals surface area contributed by atoms with E-state index >= 15 is 4.39 Å². The minimum absolute atomic E-state index is 0.0263. The van der Waals surface area contributed by atoms with Gasteiger partial charge in [0.2, 0.25) is 5.88 Å². The van der Waals surface area contributed by atoms with Crippen LogP contribution in [0.5, 0.6) is 5.88 Å². The molecular weight excluding hydrogens is 637 g/mol. The number of nitrogens with two attached hydrogens (primary N) is 1. The molecule has 0 atom stereocenters. The van der Waals surface area contributed by atoms with Crippen LogP contribution in [0, 0.1) is 5.82 Å². The van der Waals surface area contributed by atoms with Gasteiger partial charge in [-0.2, -0.15) is 9.78 Å². The Kier molecular flexibility index (Phi) is 11.6. The first-order valence-corrected chi connectivity index (χ1v) is 16.6. The molecule has 11 nitrogen and oxygen atoms in total. The van der Waals surface area contributed by atoms with Crippen molar-refractivity contribution in [3.05, 3.63) is 98.9 Å². The minimum Gasteiger partial charge on any atom is -0.469 e. The summed E-state index contributed by atoms with van der Waals surface area (Å²) < 4.78 is 22.6. The molecule has 4 rings (SSSR count). The lowest BCUT2D eigenvalue weighted by molar-refractivity contribution is -0.114. The molecule has 0 saturated carbocycles. The highest BCUT2D eigenvalue weighted by Gasteiger charge is 2.23. The number of allylic oxidation sites excluding steroid dienone is 3. The average molecular weight is 686 g/mol. The van der Waals surface area contributed by atoms with E-state index in [2.05, 4.69) is 20.6 Å². The second-order valence-corrected chi connectivity index (χ2v) is 14.3. The summed E-state index contributed by atoms with van der Waals surface area (Å²) in [6, 6.07) is 11.6. The van der Waals surface area contributed by atoms with Crippen LogP contribution >= 0.6 is 0 Å². The van der Waals surface area contributed by atoms with Crippen LogP contribution in [-0.4, -0.2) is 62.1 Å². The standard InChI is InChI=1S/C38H48FN7O4/c1-10-12-23(2)27(19-30(35(40)48)42-32-15-16-33(44-43-32)50-38(6,7)22-45(8)9)26-13-11-14-31(28(26)21-47)46-36(49)34-24(20-41-46)17-25(18-29(34)39)37(3,4)5/h11,13-20,47H,10,12,21-22H2,1-9H3,(H2,40,48)(H,42,43)/b27-23+,30-19+. The summed E-state index contributed by atoms with van der Waals surface area (Å²) in [6.07, 6.45) is 4.52. The van der Waals surface area contributed by atoms with E-state index < -0.39 is 29.5 Å². The van der Waals surface area contributed by atoms with Crippen molar-refractivity contribution in [2.24, 2.45) is 5.73 Å². The first kappa shape index (κ1) is 37.9. The molecule has 12 heteroatoms. The van der Waals surface area contributed by atoms with Crippen LogP contribution in [0.25, 0.3) is 22.0 Å². The van der Waals surface area contributed by atoms with Gasteiger partial charge in [0.25, 0.3) is 11.5 Å². The van der Waals surface area contributed by atoms with E-state index in [1.807, 2.05) is 67.5 Å². The van der Waals surface area contributed by atoms with Crippen LogP contribution in [0.1, 0.15) is 78.0 Å². The van der Waals surface area contributed by atoms with Gasteiger partial charge in [0.1, 0.15) is 17.1 Å². The van der Waals surface area contributed by atoms with Crippen molar-refractivity contribution in [1.82, 2.24) is 24.9 Å². The van der Waals surface area contributed by atoms with Crippen molar-refractivity contribution < 1.29 is 19.0 Å². The number of aromatic nitrogens is 4. The second-order valence-electron chi connectivity index (χ2n) is 14.3. The van der Waals surface area contributed by atoms with Gasteiger partial charge in [0.15, 0.2) is 5.82 Å². The fourth-order valence-electron chi connectivity index (χ4n) is 5.94. The summed E-state index contributed by atoms with van der Waals surface area (Å²) in [6.45, 7) is 13.9. The lowest BCUT2D eigenvalue weighted by Gasteiger charge is -2.28. The Morgan fingerprint density at radius 2 is 1.84 bits per heavy atom. The number of ether oxygens (including phenoxy) is 1. The molecule has 0 saturated heterocycles. The van der Waals surface area contributed by atoms with Gasteiger partial charge >= 0.3 is 0 Å². The van der Waals surface area contributed by atoms with Crippen molar-refractivity contribution in [2.45, 2.75) is 78.9 Å². The van der Waals surface area contributed by atoms with E-state index in [1.165, 1.54) is 12.3 Å². The van der Waals surface area contributed by atoms with Gasteiger partial charge in [-0.05, 0) is 93.7 Å². The molecule has 2 aromatic heterocycles. The minimum atomic E-state index is -0.750. The number of hydrogen-bond donors (Lipinski definition) is 3. The molecule has 2 heterocycles. The number of benzene rings is 2. The molecule has 0 unspecified atom stereocenters. The van der Waals surface area contributed by atoms with E-state index in [9.17, 15) is 14.7 Å². The van der Waals surface area contributed by atoms with Crippen molar-refractivity contribution >= 4 is 28.1 Å². The van der Waals surface area contributed by atoms with Gasteiger partial charge in [0.05, 0.1) is 23.9 Å². The van der Waals surface area contributed by atoms with Crippen molar-refractivity contribution in [1.29, 1.82) is 0 Å². The summed E-state index contributed by atoms with van der Waals surface area (Å²) in [7, 11) is 3.91. The molecule has 4 N–H and O–H groups in total. The van der Waals surface area contributed by atoms with E-state index in [1.54, 1.807) is 42.5 Å². The molecule has 0 radical (unpaired) electrons. The van der Waals surface area contributed by atoms with Gasteiger partial charge < -0.3 is 25.8 Å². The number of carbonyl (C=O) groups is 1. The van der Waals surface area contributed by atoms with Crippen molar-refractivity contribution in [2.75, 3.05) is 26.0 Å². The van der Waals surface area contributed by atoms with Gasteiger partial charge in [-0.25, -0.2) is 4.39 Å². The fraction of sp³-hybridized carbons (Fsp3) is 0.395. The number of nitrogens with zero attached hydrogens (tertiary/aromatic N) is 5. The number of anilines is 1. The molecular formula is C38H48FN7O4. The SMILES string of the molecule is CCC/C(C)=C(\C=C(\Nc1ccc(OC(C)(C)CN(C)C)nn1)C(N)=O)c1cccc(-n2ncc3cc(C(C)(C)C)cc(F)c3c2=O)c1CO. The molecule has 266 valence electrons. The Labute approximate surface area is 292 Å². The third-order valence-electron chi connectivity index (χ3n) is 8.15. The van der Waals surface area contributed by atoms with E-state index in [-0.39, 0.29) is 28.0 Å². The largest absolute Gasteiger partial charge is 0.469 e. The highest BCUT2D eigenvalue weighted by Crippen LogP contribution is 2.32. The van der Waals surface area contributed by atoms with Crippen LogP contribution in [0.4, 0.5) is 10.2 Å². The summed E-state index contributed by atoms with van der Waals surface area (Å²) >= 11 is 0. The third-order valence-corrected chi connectivity index (χ3v) is 8.15. The number of aliphatic hydroxyl groups excluding tert-OH is 1. The Balaban J connectivity index is 1.80. The zero-order chi connectivity index (χ0) is 37.0. The van der Waals surface area contributed by atoms with Gasteiger partial charge in [-0.1, -0.05) is 51.8 Å². The average Bonchev–Trinajstić information content (AvgIpc) is 3.02. The topological polar surface area (TPSA) is 148 Å². The predicted octanol–water partition coefficient (Wildman–Crippen LogP) is 5.88. The smallest absolute Gasteiger partial charge is 0.282 e. The highest BCUT2D eigenvalue weighted by atomic mass is 19.1. The van der Waals surface area contributed by atoms with Crippen LogP contribution in [0.2, 0.25) is 0 Å². The van der Waals surface area contributed by atoms with E-state index in [0.717, 1.165) is 22.2 Å². The van der Waals surface area contributed by atoms with Crippen molar-refractivity contribution in [3.63, 3.8) is 0 Å². The number of aliphatic hydroxyl groups is 1. The number of fused-ring (bicyclic) bond motifs is 1. The number of likely N-dealkylation sites (N-methyl/N-ethyl adjacent to an activating group) is 1. The van der Waals surface area contributed by atoms with E-state index in [4.69, 9.17) is 10.5 Å². The highest BCUT2D eigenvalue weighted by molar-refractivity contribution is 5.98. The van der Waals surface area contributed by atoms with Crippen LogP contribution in [0.3, 0.4) is 0 Å². The van der Waals surface area contributed by atoms with Gasteiger partial charge in [-0.3, -0.25) is 9.59 Å². The Morgan fingerprint density at radius 1 is 1.12 bits per heavy atom. The molecule has 0 aliphatic rings. The number of carbonyl (C=O) groups excluding carboxylic acids is 1. The summed E-state index contributed by atoms with van der Waals surface area (Å²) in [5.41, 5.74) is 7.80. The lowest BCUT2D eigenvalue weighted by Crippen LogP contribution is -2.39. The summed E-state index contributed by atoms with van der Waals surface area (Å²) in [4.78, 5) is 28.6. The quantitative estimate of drug-likeness (QED) is 0.116. The molecule has 0 aliphatic carbocycles. The maximum absolute atomic E-state index is 15.5. The zero-order valence-electron chi connectivity index (χ0n) is 30.4. The summed E-state index contributed by atoms with van der Waals surface area (Å²) in [5, 5.41) is 26.8. The number of halogens is 1. The number of amides is 1. The monoisotopic (exact) mass is 685 g/mol. The third kappa shape index (κ3) is 8.80. The predicted molar refractivity (Wildman–Crippen MR) is 196 cm³/mol. The number of rotatable bonds is 13. The fourth-order valence-corrected chi connectivity index (χ4v) is 5.94. The Hall–Kier alpha value is -4.94. The molecule has 0 fully saturated rings. The molecule has 4 aromatic rings.